The minimum atomic E-state index is -1.18. The summed E-state index contributed by atoms with van der Waals surface area (Å²) in [5, 5.41) is 22.3. The number of aryl methyl sites for hydroxylation is 1. The number of benzene rings is 2. The van der Waals surface area contributed by atoms with Gasteiger partial charge in [-0.05, 0) is 47.4 Å². The number of ether oxygens (including phenoxy) is 6. The lowest BCUT2D eigenvalue weighted by atomic mass is 9.65. The highest BCUT2D eigenvalue weighted by Gasteiger charge is 2.48. The van der Waals surface area contributed by atoms with Gasteiger partial charge in [0.15, 0.2) is 33.8 Å². The summed E-state index contributed by atoms with van der Waals surface area (Å²) in [6.45, 7) is 0.0776. The minimum Gasteiger partial charge on any atom is -0.493 e. The zero-order chi connectivity index (χ0) is 31.0. The van der Waals surface area contributed by atoms with Crippen LogP contribution in [0.3, 0.4) is 0 Å². The summed E-state index contributed by atoms with van der Waals surface area (Å²) in [4.78, 5) is 26.4. The molecule has 2 aromatic heterocycles. The molecule has 13 nitrogen and oxygen atoms in total. The summed E-state index contributed by atoms with van der Waals surface area (Å²) in [6, 6.07) is 6.97. The highest BCUT2D eigenvalue weighted by atomic mass is 35.5. The van der Waals surface area contributed by atoms with E-state index in [-0.39, 0.29) is 18.6 Å². The van der Waals surface area contributed by atoms with Gasteiger partial charge in [-0.1, -0.05) is 11.6 Å². The smallest absolute Gasteiger partial charge is 0.310 e. The van der Waals surface area contributed by atoms with Crippen LogP contribution >= 0.6 is 11.6 Å². The standard InChI is InChI=1S/C30H31ClN4O9/c1-39-21-7-15(8-22(40-2)27(21)41-3)23-16-9-19-20(44-14-43-19)10-17(16)26(37)18(11-36)24(23)30(38)42-6-4-5-35-13-34-25-28(31)32-12-33-29(25)35/h7-10,12-13,18,23-24,26,36-37H,4-6,11,14H2,1-3H3/t18-,23+,24+,26-/m0/s1. The molecule has 6 rings (SSSR count). The molecule has 2 aromatic carbocycles. The van der Waals surface area contributed by atoms with Gasteiger partial charge in [0.2, 0.25) is 12.5 Å². The van der Waals surface area contributed by atoms with Gasteiger partial charge >= 0.3 is 5.97 Å². The molecule has 2 aliphatic rings. The quantitative estimate of drug-likeness (QED) is 0.151. The number of rotatable bonds is 10. The summed E-state index contributed by atoms with van der Waals surface area (Å²) in [7, 11) is 4.51. The molecular weight excluding hydrogens is 596 g/mol. The first-order valence-electron chi connectivity index (χ1n) is 13.9. The van der Waals surface area contributed by atoms with Crippen molar-refractivity contribution in [2.45, 2.75) is 25.0 Å². The second-order valence-corrected chi connectivity index (χ2v) is 10.7. The Kier molecular flexibility index (Phi) is 8.34. The van der Waals surface area contributed by atoms with Crippen LogP contribution in [0.5, 0.6) is 28.7 Å². The topological polar surface area (TPSA) is 157 Å². The molecule has 4 atom stereocenters. The molecule has 1 aliphatic carbocycles. The van der Waals surface area contributed by atoms with Gasteiger partial charge in [-0.3, -0.25) is 4.79 Å². The molecular formula is C30H31ClN4O9. The lowest BCUT2D eigenvalue weighted by Crippen LogP contribution is -2.41. The Morgan fingerprint density at radius 3 is 2.39 bits per heavy atom. The zero-order valence-corrected chi connectivity index (χ0v) is 25.0. The van der Waals surface area contributed by atoms with Crippen LogP contribution in [-0.2, 0) is 16.1 Å². The van der Waals surface area contributed by atoms with Crippen LogP contribution in [-0.4, -0.2) is 77.0 Å². The summed E-state index contributed by atoms with van der Waals surface area (Å²) in [5.74, 6) is -1.01. The van der Waals surface area contributed by atoms with Crippen molar-refractivity contribution in [2.24, 2.45) is 11.8 Å². The third-order valence-corrected chi connectivity index (χ3v) is 8.41. The number of esters is 1. The van der Waals surface area contributed by atoms with Crippen molar-refractivity contribution in [1.82, 2.24) is 19.5 Å². The van der Waals surface area contributed by atoms with Crippen molar-refractivity contribution in [3.63, 3.8) is 0 Å². The van der Waals surface area contributed by atoms with Crippen LogP contribution in [0.25, 0.3) is 11.2 Å². The molecule has 0 unspecified atom stereocenters. The number of aliphatic hydroxyl groups excluding tert-OH is 2. The van der Waals surface area contributed by atoms with Crippen LogP contribution in [0.1, 0.15) is 35.1 Å². The number of hydrogen-bond acceptors (Lipinski definition) is 12. The van der Waals surface area contributed by atoms with E-state index >= 15 is 0 Å². The number of nitrogens with zero attached hydrogens (tertiary/aromatic N) is 4. The molecule has 14 heteroatoms. The SMILES string of the molecule is COc1cc([C@@H]2c3cc4c(cc3[C@H](O)[C@@H](CO)[C@H]2C(=O)OCCCn2cnc3c(Cl)ncnc32)OCO4)cc(OC)c1OC. The normalized spacial score (nSPS) is 20.3. The lowest BCUT2D eigenvalue weighted by molar-refractivity contribution is -0.155. The van der Waals surface area contributed by atoms with E-state index in [2.05, 4.69) is 15.0 Å². The molecule has 0 saturated carbocycles. The van der Waals surface area contributed by atoms with E-state index < -0.39 is 36.4 Å². The summed E-state index contributed by atoms with van der Waals surface area (Å²) < 4.78 is 35.6. The number of carbonyl (C=O) groups is 1. The van der Waals surface area contributed by atoms with Gasteiger partial charge in [0.1, 0.15) is 11.8 Å². The Morgan fingerprint density at radius 2 is 1.73 bits per heavy atom. The van der Waals surface area contributed by atoms with E-state index in [0.717, 1.165) is 0 Å². The number of carbonyl (C=O) groups excluding carboxylic acids is 1. The zero-order valence-electron chi connectivity index (χ0n) is 24.2. The molecule has 1 aliphatic heterocycles. The molecule has 0 amide bonds. The van der Waals surface area contributed by atoms with Crippen LogP contribution in [0.4, 0.5) is 0 Å². The van der Waals surface area contributed by atoms with Crippen molar-refractivity contribution in [3.8, 4) is 28.7 Å². The van der Waals surface area contributed by atoms with Crippen molar-refractivity contribution < 1.29 is 43.4 Å². The van der Waals surface area contributed by atoms with E-state index in [0.29, 0.717) is 69.6 Å². The average molecular weight is 627 g/mol. The van der Waals surface area contributed by atoms with Crippen molar-refractivity contribution in [3.05, 3.63) is 58.8 Å². The Hall–Kier alpha value is -4.33. The van der Waals surface area contributed by atoms with Crippen molar-refractivity contribution in [1.29, 1.82) is 0 Å². The van der Waals surface area contributed by atoms with Crippen LogP contribution in [0.15, 0.2) is 36.9 Å². The van der Waals surface area contributed by atoms with Gasteiger partial charge < -0.3 is 43.2 Å². The van der Waals surface area contributed by atoms with E-state index in [1.807, 2.05) is 0 Å². The fraction of sp³-hybridized carbons (Fsp3) is 0.400. The number of aromatic nitrogens is 4. The van der Waals surface area contributed by atoms with Gasteiger partial charge in [-0.15, -0.1) is 0 Å². The molecule has 0 spiro atoms. The number of aliphatic hydroxyl groups is 2. The van der Waals surface area contributed by atoms with Gasteiger partial charge in [0.05, 0.1) is 46.3 Å². The third-order valence-electron chi connectivity index (χ3n) is 8.13. The van der Waals surface area contributed by atoms with Crippen LogP contribution in [0.2, 0.25) is 5.15 Å². The van der Waals surface area contributed by atoms with E-state index in [1.165, 1.54) is 27.7 Å². The molecule has 44 heavy (non-hydrogen) atoms. The molecule has 0 saturated heterocycles. The average Bonchev–Trinajstić information content (AvgIpc) is 3.68. The van der Waals surface area contributed by atoms with Crippen molar-refractivity contribution in [2.75, 3.05) is 41.3 Å². The molecule has 232 valence electrons. The number of halogens is 1. The Labute approximate surface area is 257 Å². The molecule has 0 bridgehead atoms. The number of methoxy groups -OCH3 is 3. The first-order valence-corrected chi connectivity index (χ1v) is 14.3. The molecule has 2 N–H and O–H groups in total. The van der Waals surface area contributed by atoms with Gasteiger partial charge in [-0.2, -0.15) is 0 Å². The first kappa shape index (κ1) is 29.7. The van der Waals surface area contributed by atoms with Crippen molar-refractivity contribution >= 4 is 28.7 Å². The Bertz CT molecular complexity index is 1670. The number of imidazole rings is 1. The maximum Gasteiger partial charge on any atom is 0.310 e. The summed E-state index contributed by atoms with van der Waals surface area (Å²) in [5.41, 5.74) is 2.84. The van der Waals surface area contributed by atoms with E-state index in [1.54, 1.807) is 35.2 Å². The predicted molar refractivity (Wildman–Crippen MR) is 155 cm³/mol. The molecule has 4 aromatic rings. The number of fused-ring (bicyclic) bond motifs is 3. The van der Waals surface area contributed by atoms with Gasteiger partial charge in [-0.25, -0.2) is 15.0 Å². The predicted octanol–water partition coefficient (Wildman–Crippen LogP) is 3.27. The monoisotopic (exact) mass is 626 g/mol. The highest BCUT2D eigenvalue weighted by molar-refractivity contribution is 6.33. The fourth-order valence-electron chi connectivity index (χ4n) is 6.08. The van der Waals surface area contributed by atoms with E-state index in [9.17, 15) is 15.0 Å². The Morgan fingerprint density at radius 1 is 1.02 bits per heavy atom. The maximum atomic E-state index is 13.9. The number of hydrogen-bond donors (Lipinski definition) is 2. The molecule has 0 fully saturated rings. The van der Waals surface area contributed by atoms with Crippen LogP contribution < -0.4 is 23.7 Å². The minimum absolute atomic E-state index is 0.0303. The second-order valence-electron chi connectivity index (χ2n) is 10.4. The highest BCUT2D eigenvalue weighted by Crippen LogP contribution is 2.54. The van der Waals surface area contributed by atoms with Gasteiger partial charge in [0, 0.05) is 25.0 Å². The molecule has 0 radical (unpaired) electrons. The van der Waals surface area contributed by atoms with E-state index in [4.69, 9.17) is 40.0 Å². The summed E-state index contributed by atoms with van der Waals surface area (Å²) >= 11 is 6.11. The fourth-order valence-corrected chi connectivity index (χ4v) is 6.26. The lowest BCUT2D eigenvalue weighted by Gasteiger charge is -2.41. The van der Waals surface area contributed by atoms with Gasteiger partial charge in [0.25, 0.3) is 0 Å². The third kappa shape index (κ3) is 5.10. The van der Waals surface area contributed by atoms with Crippen LogP contribution in [0, 0.1) is 11.8 Å². The second kappa shape index (κ2) is 12.3. The first-order chi connectivity index (χ1) is 21.4. The Balaban J connectivity index is 1.34. The largest absolute Gasteiger partial charge is 0.493 e. The maximum absolute atomic E-state index is 13.9. The molecule has 3 heterocycles. The summed E-state index contributed by atoms with van der Waals surface area (Å²) in [6.07, 6.45) is 2.23.